The Balaban J connectivity index is 1.24. The lowest BCUT2D eigenvalue weighted by Gasteiger charge is -2.36. The summed E-state index contributed by atoms with van der Waals surface area (Å²) in [6.07, 6.45) is 1.04. The van der Waals surface area contributed by atoms with Gasteiger partial charge in [0.15, 0.2) is 0 Å². The summed E-state index contributed by atoms with van der Waals surface area (Å²) in [4.78, 5) is 30.7. The lowest BCUT2D eigenvalue weighted by molar-refractivity contribution is -0.143. The van der Waals surface area contributed by atoms with Gasteiger partial charge in [-0.15, -0.1) is 0 Å². The molecule has 2 amide bonds. The van der Waals surface area contributed by atoms with Gasteiger partial charge in [0.1, 0.15) is 11.4 Å². The molecule has 6 nitrogen and oxygen atoms in total. The molecule has 1 aliphatic carbocycles. The molecule has 1 saturated carbocycles. The highest BCUT2D eigenvalue weighted by atomic mass is 35.5. The number of hydrogen-bond donors (Lipinski definition) is 1. The van der Waals surface area contributed by atoms with Crippen molar-refractivity contribution in [3.8, 4) is 0 Å². The molecule has 1 N–H and O–H groups in total. The van der Waals surface area contributed by atoms with Crippen molar-refractivity contribution in [1.82, 2.24) is 9.80 Å². The Hall–Kier alpha value is -2.64. The van der Waals surface area contributed by atoms with Gasteiger partial charge in [0, 0.05) is 45.0 Å². The van der Waals surface area contributed by atoms with Crippen molar-refractivity contribution in [2.75, 3.05) is 31.1 Å². The van der Waals surface area contributed by atoms with Gasteiger partial charge in [-0.25, -0.2) is 4.39 Å². The number of anilines is 1. The highest BCUT2D eigenvalue weighted by molar-refractivity contribution is 6.34. The minimum Gasteiger partial charge on any atom is -0.380 e. The summed E-state index contributed by atoms with van der Waals surface area (Å²) < 4.78 is 13.5. The van der Waals surface area contributed by atoms with Gasteiger partial charge in [-0.1, -0.05) is 17.7 Å². The minimum absolute atomic E-state index is 0.166. The molecule has 5 rings (SSSR count). The number of carbonyl (C=O) groups is 2. The van der Waals surface area contributed by atoms with E-state index in [2.05, 4.69) is 4.90 Å². The van der Waals surface area contributed by atoms with Crippen LogP contribution in [0, 0.1) is 5.82 Å². The first-order valence-electron chi connectivity index (χ1n) is 10.5. The maximum absolute atomic E-state index is 13.5. The van der Waals surface area contributed by atoms with Gasteiger partial charge in [-0.2, -0.15) is 0 Å². The number of halogens is 2. The molecule has 0 unspecified atom stereocenters. The van der Waals surface area contributed by atoms with Crippen molar-refractivity contribution in [2.24, 2.45) is 0 Å². The lowest BCUT2D eigenvalue weighted by atomic mass is 10.1. The van der Waals surface area contributed by atoms with E-state index < -0.39 is 5.60 Å². The third kappa shape index (κ3) is 3.77. The van der Waals surface area contributed by atoms with Gasteiger partial charge in [-0.3, -0.25) is 9.59 Å². The van der Waals surface area contributed by atoms with E-state index in [1.807, 2.05) is 6.07 Å². The summed E-state index contributed by atoms with van der Waals surface area (Å²) in [6.45, 7) is 2.90. The quantitative estimate of drug-likeness (QED) is 0.792. The van der Waals surface area contributed by atoms with Crippen molar-refractivity contribution in [1.29, 1.82) is 0 Å². The van der Waals surface area contributed by atoms with E-state index in [1.54, 1.807) is 34.1 Å². The molecule has 1 saturated heterocycles. The smallest absolute Gasteiger partial charge is 0.255 e. The van der Waals surface area contributed by atoms with E-state index in [9.17, 15) is 19.1 Å². The van der Waals surface area contributed by atoms with Crippen LogP contribution in [0.25, 0.3) is 0 Å². The zero-order valence-electron chi connectivity index (χ0n) is 17.0. The molecular formula is C23H23ClFN3O3. The van der Waals surface area contributed by atoms with Crippen LogP contribution in [-0.4, -0.2) is 58.5 Å². The highest BCUT2D eigenvalue weighted by Gasteiger charge is 2.50. The van der Waals surface area contributed by atoms with Crippen LogP contribution < -0.4 is 4.90 Å². The Bertz CT molecular complexity index is 1060. The van der Waals surface area contributed by atoms with Crippen LogP contribution in [0.3, 0.4) is 0 Å². The third-order valence-electron chi connectivity index (χ3n) is 6.41. The molecule has 2 aromatic carbocycles. The molecule has 0 radical (unpaired) electrons. The molecule has 162 valence electrons. The maximum atomic E-state index is 13.5. The molecule has 3 aliphatic rings. The second-order valence-corrected chi connectivity index (χ2v) is 8.96. The summed E-state index contributed by atoms with van der Waals surface area (Å²) >= 11 is 6.47. The molecule has 2 fully saturated rings. The number of aliphatic hydroxyl groups is 1. The molecule has 31 heavy (non-hydrogen) atoms. The normalized spacial score (nSPS) is 19.4. The molecule has 2 heterocycles. The maximum Gasteiger partial charge on any atom is 0.255 e. The number of fused-ring (bicyclic) bond motifs is 1. The molecule has 0 atom stereocenters. The number of nitrogens with zero attached hydrogens (tertiary/aromatic N) is 3. The summed E-state index contributed by atoms with van der Waals surface area (Å²) in [6, 6.07) is 10.2. The number of rotatable bonds is 3. The zero-order valence-corrected chi connectivity index (χ0v) is 17.7. The Morgan fingerprint density at radius 1 is 0.935 bits per heavy atom. The van der Waals surface area contributed by atoms with Gasteiger partial charge in [0.05, 0.1) is 10.6 Å². The van der Waals surface area contributed by atoms with Crippen LogP contribution in [-0.2, 0) is 17.9 Å². The number of amides is 2. The standard InChI is InChI=1S/C23H23ClFN3O3/c24-20-12-18(28-13-15-1-2-17(25)11-16(15)14-28)3-4-19(20)21(29)26-7-9-27(10-8-26)22(30)23(31)5-6-23/h1-4,11-12,31H,5-10,13-14H2. The largest absolute Gasteiger partial charge is 0.380 e. The van der Waals surface area contributed by atoms with Gasteiger partial charge < -0.3 is 19.8 Å². The Kier molecular flexibility index (Phi) is 4.90. The van der Waals surface area contributed by atoms with E-state index in [0.29, 0.717) is 62.7 Å². The highest BCUT2D eigenvalue weighted by Crippen LogP contribution is 2.37. The second-order valence-electron chi connectivity index (χ2n) is 8.55. The van der Waals surface area contributed by atoms with E-state index >= 15 is 0 Å². The van der Waals surface area contributed by atoms with E-state index in [1.165, 1.54) is 6.07 Å². The number of piperazine rings is 1. The first-order chi connectivity index (χ1) is 14.8. The van der Waals surface area contributed by atoms with Crippen LogP contribution in [0.2, 0.25) is 5.02 Å². The van der Waals surface area contributed by atoms with Gasteiger partial charge in [0.2, 0.25) is 0 Å². The van der Waals surface area contributed by atoms with Crippen molar-refractivity contribution in [3.05, 3.63) is 63.9 Å². The fraction of sp³-hybridized carbons (Fsp3) is 0.391. The van der Waals surface area contributed by atoms with Crippen molar-refractivity contribution in [3.63, 3.8) is 0 Å². The fourth-order valence-corrected chi connectivity index (χ4v) is 4.58. The Labute approximate surface area is 184 Å². The second kappa shape index (κ2) is 7.50. The first kappa shape index (κ1) is 20.3. The number of carbonyl (C=O) groups excluding carboxylic acids is 2. The molecule has 0 spiro atoms. The first-order valence-corrected chi connectivity index (χ1v) is 10.8. The van der Waals surface area contributed by atoms with Crippen LogP contribution in [0.4, 0.5) is 10.1 Å². The molecular weight excluding hydrogens is 421 g/mol. The summed E-state index contributed by atoms with van der Waals surface area (Å²) in [5.41, 5.74) is 2.17. The summed E-state index contributed by atoms with van der Waals surface area (Å²) in [5.74, 6) is -0.637. The van der Waals surface area contributed by atoms with Gasteiger partial charge in [0.25, 0.3) is 11.8 Å². The monoisotopic (exact) mass is 443 g/mol. The summed E-state index contributed by atoms with van der Waals surface area (Å²) in [7, 11) is 0. The Morgan fingerprint density at radius 2 is 1.61 bits per heavy atom. The number of benzene rings is 2. The van der Waals surface area contributed by atoms with Gasteiger partial charge in [-0.05, 0) is 54.3 Å². The van der Waals surface area contributed by atoms with Crippen molar-refractivity contribution < 1.29 is 19.1 Å². The fourth-order valence-electron chi connectivity index (χ4n) is 4.33. The summed E-state index contributed by atoms with van der Waals surface area (Å²) in [5, 5.41) is 10.4. The predicted molar refractivity (Wildman–Crippen MR) is 114 cm³/mol. The van der Waals surface area contributed by atoms with E-state index in [0.717, 1.165) is 16.8 Å². The van der Waals surface area contributed by atoms with Crippen LogP contribution >= 0.6 is 11.6 Å². The molecule has 0 aromatic heterocycles. The third-order valence-corrected chi connectivity index (χ3v) is 6.73. The topological polar surface area (TPSA) is 64.1 Å². The predicted octanol–water partition coefficient (Wildman–Crippen LogP) is 2.81. The average molecular weight is 444 g/mol. The number of hydrogen-bond acceptors (Lipinski definition) is 4. The average Bonchev–Trinajstić information content (AvgIpc) is 3.38. The van der Waals surface area contributed by atoms with Crippen LogP contribution in [0.5, 0.6) is 0 Å². The van der Waals surface area contributed by atoms with Gasteiger partial charge >= 0.3 is 0 Å². The van der Waals surface area contributed by atoms with Crippen molar-refractivity contribution >= 4 is 29.1 Å². The van der Waals surface area contributed by atoms with Crippen molar-refractivity contribution in [2.45, 2.75) is 31.5 Å². The Morgan fingerprint density at radius 3 is 2.29 bits per heavy atom. The van der Waals surface area contributed by atoms with E-state index in [-0.39, 0.29) is 17.6 Å². The minimum atomic E-state index is -1.17. The molecule has 8 heteroatoms. The zero-order chi connectivity index (χ0) is 21.8. The lowest BCUT2D eigenvalue weighted by Crippen LogP contribution is -2.53. The molecule has 2 aliphatic heterocycles. The van der Waals surface area contributed by atoms with Crippen LogP contribution in [0.1, 0.15) is 34.3 Å². The molecule has 2 aromatic rings. The SMILES string of the molecule is O=C(c1ccc(N2Cc3ccc(F)cc3C2)cc1Cl)N1CCN(C(=O)C2(O)CC2)CC1. The van der Waals surface area contributed by atoms with Crippen LogP contribution in [0.15, 0.2) is 36.4 Å². The molecule has 0 bridgehead atoms. The van der Waals surface area contributed by atoms with E-state index in [4.69, 9.17) is 11.6 Å².